The van der Waals surface area contributed by atoms with Crippen LogP contribution in [-0.2, 0) is 0 Å². The van der Waals surface area contributed by atoms with E-state index in [0.717, 1.165) is 25.8 Å². The Labute approximate surface area is 118 Å². The van der Waals surface area contributed by atoms with E-state index in [1.807, 2.05) is 13.0 Å². The molecule has 0 amide bonds. The van der Waals surface area contributed by atoms with Crippen molar-refractivity contribution in [3.63, 3.8) is 0 Å². The smallest absolute Gasteiger partial charge is 0.323 e. The Morgan fingerprint density at radius 1 is 1.20 bits per heavy atom. The molecule has 2 aromatic rings. The van der Waals surface area contributed by atoms with Gasteiger partial charge in [-0.3, -0.25) is 0 Å². The van der Waals surface area contributed by atoms with Gasteiger partial charge in [-0.1, -0.05) is 19.8 Å². The first-order valence-electron chi connectivity index (χ1n) is 6.96. The van der Waals surface area contributed by atoms with Gasteiger partial charge in [0.05, 0.1) is 6.61 Å². The van der Waals surface area contributed by atoms with Gasteiger partial charge in [0, 0.05) is 18.9 Å². The van der Waals surface area contributed by atoms with Crippen LogP contribution in [0.25, 0.3) is 5.95 Å². The molecule has 0 saturated carbocycles. The van der Waals surface area contributed by atoms with Crippen molar-refractivity contribution < 1.29 is 4.74 Å². The van der Waals surface area contributed by atoms with Crippen LogP contribution in [0.4, 0.5) is 5.95 Å². The summed E-state index contributed by atoms with van der Waals surface area (Å²) in [6.45, 7) is 5.49. The number of unbranched alkanes of at least 4 members (excludes halogenated alkanes) is 2. The average Bonchev–Trinajstić information content (AvgIpc) is 2.98. The second kappa shape index (κ2) is 7.42. The van der Waals surface area contributed by atoms with E-state index in [4.69, 9.17) is 4.74 Å². The highest BCUT2D eigenvalue weighted by Crippen LogP contribution is 2.11. The van der Waals surface area contributed by atoms with Gasteiger partial charge in [0.1, 0.15) is 0 Å². The SMILES string of the molecule is CCCCCOc1nc(NCC)nc(-n2cccn2)n1. The van der Waals surface area contributed by atoms with Crippen LogP contribution >= 0.6 is 0 Å². The second-order valence-corrected chi connectivity index (χ2v) is 4.28. The van der Waals surface area contributed by atoms with E-state index in [1.54, 1.807) is 17.1 Å². The zero-order chi connectivity index (χ0) is 14.2. The van der Waals surface area contributed by atoms with Gasteiger partial charge in [-0.2, -0.15) is 20.1 Å². The average molecular weight is 276 g/mol. The summed E-state index contributed by atoms with van der Waals surface area (Å²) < 4.78 is 7.18. The molecule has 0 fully saturated rings. The largest absolute Gasteiger partial charge is 0.463 e. The van der Waals surface area contributed by atoms with Gasteiger partial charge in [0.2, 0.25) is 5.95 Å². The Bertz CT molecular complexity index is 514. The van der Waals surface area contributed by atoms with Crippen molar-refractivity contribution in [3.8, 4) is 12.0 Å². The topological polar surface area (TPSA) is 77.8 Å². The van der Waals surface area contributed by atoms with Crippen molar-refractivity contribution in [3.05, 3.63) is 18.5 Å². The van der Waals surface area contributed by atoms with Crippen molar-refractivity contribution in [1.29, 1.82) is 0 Å². The summed E-state index contributed by atoms with van der Waals surface area (Å²) >= 11 is 0. The van der Waals surface area contributed by atoms with Gasteiger partial charge in [-0.05, 0) is 19.4 Å². The quantitative estimate of drug-likeness (QED) is 0.744. The van der Waals surface area contributed by atoms with Crippen LogP contribution in [0, 0.1) is 0 Å². The first-order valence-corrected chi connectivity index (χ1v) is 6.96. The molecule has 0 aliphatic rings. The summed E-state index contributed by atoms with van der Waals surface area (Å²) in [7, 11) is 0. The third-order valence-electron chi connectivity index (χ3n) is 2.63. The van der Waals surface area contributed by atoms with Gasteiger partial charge >= 0.3 is 6.01 Å². The van der Waals surface area contributed by atoms with Crippen LogP contribution in [0.3, 0.4) is 0 Å². The van der Waals surface area contributed by atoms with Crippen LogP contribution in [-0.4, -0.2) is 37.9 Å². The molecule has 0 spiro atoms. The molecule has 7 nitrogen and oxygen atoms in total. The number of ether oxygens (including phenoxy) is 1. The van der Waals surface area contributed by atoms with Crippen LogP contribution in [0.2, 0.25) is 0 Å². The van der Waals surface area contributed by atoms with Gasteiger partial charge < -0.3 is 10.1 Å². The molecule has 1 N–H and O–H groups in total. The van der Waals surface area contributed by atoms with Crippen LogP contribution < -0.4 is 10.1 Å². The summed E-state index contributed by atoms with van der Waals surface area (Å²) in [6.07, 6.45) is 6.75. The molecule has 108 valence electrons. The number of aromatic nitrogens is 5. The fourth-order valence-corrected chi connectivity index (χ4v) is 1.65. The number of hydrogen-bond acceptors (Lipinski definition) is 6. The predicted molar refractivity (Wildman–Crippen MR) is 76.1 cm³/mol. The Kier molecular flexibility index (Phi) is 5.28. The first-order chi connectivity index (χ1) is 9.83. The molecule has 2 aromatic heterocycles. The summed E-state index contributed by atoms with van der Waals surface area (Å²) in [4.78, 5) is 12.8. The van der Waals surface area contributed by atoms with Gasteiger partial charge in [-0.25, -0.2) is 4.68 Å². The van der Waals surface area contributed by atoms with E-state index in [2.05, 4.69) is 32.3 Å². The Morgan fingerprint density at radius 3 is 2.80 bits per heavy atom. The maximum atomic E-state index is 5.59. The fraction of sp³-hybridized carbons (Fsp3) is 0.538. The third kappa shape index (κ3) is 3.91. The molecule has 0 aliphatic carbocycles. The van der Waals surface area contributed by atoms with Crippen molar-refractivity contribution in [2.45, 2.75) is 33.1 Å². The zero-order valence-electron chi connectivity index (χ0n) is 11.9. The second-order valence-electron chi connectivity index (χ2n) is 4.28. The van der Waals surface area contributed by atoms with Crippen molar-refractivity contribution in [2.24, 2.45) is 0 Å². The third-order valence-corrected chi connectivity index (χ3v) is 2.63. The number of anilines is 1. The fourth-order valence-electron chi connectivity index (χ4n) is 1.65. The maximum absolute atomic E-state index is 5.59. The lowest BCUT2D eigenvalue weighted by Gasteiger charge is -2.08. The van der Waals surface area contributed by atoms with E-state index < -0.39 is 0 Å². The molecule has 2 rings (SSSR count). The van der Waals surface area contributed by atoms with Gasteiger partial charge in [0.15, 0.2) is 0 Å². The lowest BCUT2D eigenvalue weighted by molar-refractivity contribution is 0.281. The standard InChI is InChI=1S/C13H20N6O/c1-3-5-6-10-20-13-17-11(14-4-2)16-12(18-13)19-9-7-8-15-19/h7-9H,3-6,10H2,1-2H3,(H,14,16,17,18). The normalized spacial score (nSPS) is 10.5. The highest BCUT2D eigenvalue weighted by Gasteiger charge is 2.08. The van der Waals surface area contributed by atoms with Crippen LogP contribution in [0.15, 0.2) is 18.5 Å². The zero-order valence-corrected chi connectivity index (χ0v) is 11.9. The van der Waals surface area contributed by atoms with Crippen LogP contribution in [0.1, 0.15) is 33.1 Å². The van der Waals surface area contributed by atoms with E-state index in [1.165, 1.54) is 0 Å². The summed E-state index contributed by atoms with van der Waals surface area (Å²) in [5, 5.41) is 7.19. The van der Waals surface area contributed by atoms with Crippen molar-refractivity contribution in [2.75, 3.05) is 18.5 Å². The predicted octanol–water partition coefficient (Wildman–Crippen LogP) is 2.06. The molecule has 0 aromatic carbocycles. The Balaban J connectivity index is 2.13. The molecule has 20 heavy (non-hydrogen) atoms. The van der Waals surface area contributed by atoms with E-state index in [-0.39, 0.29) is 0 Å². The minimum absolute atomic E-state index is 0.331. The molecule has 0 aliphatic heterocycles. The Hall–Kier alpha value is -2.18. The van der Waals surface area contributed by atoms with Crippen LogP contribution in [0.5, 0.6) is 6.01 Å². The lowest BCUT2D eigenvalue weighted by Crippen LogP contribution is -2.11. The first kappa shape index (κ1) is 14.2. The molecular weight excluding hydrogens is 256 g/mol. The number of rotatable bonds is 8. The molecule has 0 saturated heterocycles. The molecule has 2 heterocycles. The molecule has 7 heteroatoms. The number of nitrogens with one attached hydrogen (secondary N) is 1. The minimum Gasteiger partial charge on any atom is -0.463 e. The van der Waals surface area contributed by atoms with E-state index in [9.17, 15) is 0 Å². The van der Waals surface area contributed by atoms with Crippen molar-refractivity contribution in [1.82, 2.24) is 24.7 Å². The van der Waals surface area contributed by atoms with Gasteiger partial charge in [-0.15, -0.1) is 0 Å². The monoisotopic (exact) mass is 276 g/mol. The highest BCUT2D eigenvalue weighted by atomic mass is 16.5. The summed E-state index contributed by atoms with van der Waals surface area (Å²) in [6, 6.07) is 2.15. The lowest BCUT2D eigenvalue weighted by atomic mass is 10.3. The molecule has 0 bridgehead atoms. The maximum Gasteiger partial charge on any atom is 0.323 e. The molecule has 0 radical (unpaired) electrons. The number of nitrogens with zero attached hydrogens (tertiary/aromatic N) is 5. The van der Waals surface area contributed by atoms with E-state index >= 15 is 0 Å². The molecular formula is C13H20N6O. The Morgan fingerprint density at radius 2 is 2.10 bits per heavy atom. The number of hydrogen-bond donors (Lipinski definition) is 1. The van der Waals surface area contributed by atoms with Gasteiger partial charge in [0.25, 0.3) is 5.95 Å². The summed E-state index contributed by atoms with van der Waals surface area (Å²) in [5.41, 5.74) is 0. The van der Waals surface area contributed by atoms with Crippen molar-refractivity contribution >= 4 is 5.95 Å². The highest BCUT2D eigenvalue weighted by molar-refractivity contribution is 5.29. The molecule has 0 atom stereocenters. The van der Waals surface area contributed by atoms with E-state index in [0.29, 0.717) is 24.5 Å². The summed E-state index contributed by atoms with van der Waals surface area (Å²) in [5.74, 6) is 0.949. The minimum atomic E-state index is 0.331. The molecule has 0 unspecified atom stereocenters.